The molecule has 0 spiro atoms. The number of nitrogens with two attached hydrogens (primary N) is 1. The van der Waals surface area contributed by atoms with Gasteiger partial charge >= 0.3 is 0 Å². The lowest BCUT2D eigenvalue weighted by Gasteiger charge is -2.13. The van der Waals surface area contributed by atoms with Crippen molar-refractivity contribution in [3.8, 4) is 0 Å². The van der Waals surface area contributed by atoms with E-state index in [4.69, 9.17) is 17.3 Å². The van der Waals surface area contributed by atoms with Crippen molar-refractivity contribution in [2.45, 2.75) is 19.4 Å². The fraction of sp³-hybridized carbons (Fsp3) is 0.214. The van der Waals surface area contributed by atoms with Crippen LogP contribution in [0.2, 0.25) is 5.02 Å². The monoisotopic (exact) mass is 324 g/mol. The molecule has 0 saturated heterocycles. The van der Waals surface area contributed by atoms with E-state index in [1.807, 2.05) is 43.5 Å². The first kappa shape index (κ1) is 13.5. The molecule has 1 aromatic heterocycles. The Morgan fingerprint density at radius 1 is 1.33 bits per heavy atom. The van der Waals surface area contributed by atoms with Crippen molar-refractivity contribution >= 4 is 27.5 Å². The molecule has 0 aliphatic rings. The van der Waals surface area contributed by atoms with Gasteiger partial charge in [0.25, 0.3) is 0 Å². The number of aromatic nitrogens is 1. The minimum Gasteiger partial charge on any atom is -0.324 e. The Morgan fingerprint density at radius 3 is 2.72 bits per heavy atom. The van der Waals surface area contributed by atoms with Crippen molar-refractivity contribution in [2.75, 3.05) is 0 Å². The zero-order chi connectivity index (χ0) is 13.1. The fourth-order valence-corrected chi connectivity index (χ4v) is 2.57. The summed E-state index contributed by atoms with van der Waals surface area (Å²) in [4.78, 5) is 4.36. The van der Waals surface area contributed by atoms with E-state index in [0.29, 0.717) is 11.4 Å². The van der Waals surface area contributed by atoms with Crippen molar-refractivity contribution in [1.29, 1.82) is 0 Å². The summed E-state index contributed by atoms with van der Waals surface area (Å²) in [5.41, 5.74) is 9.25. The van der Waals surface area contributed by atoms with Gasteiger partial charge in [-0.15, -0.1) is 0 Å². The molecule has 0 radical (unpaired) electrons. The molecule has 0 saturated carbocycles. The zero-order valence-electron chi connectivity index (χ0n) is 10.0. The van der Waals surface area contributed by atoms with Crippen molar-refractivity contribution < 1.29 is 0 Å². The van der Waals surface area contributed by atoms with Gasteiger partial charge < -0.3 is 5.73 Å². The third kappa shape index (κ3) is 3.31. The van der Waals surface area contributed by atoms with E-state index in [1.54, 1.807) is 0 Å². The molecular formula is C14H14BrClN2. The van der Waals surface area contributed by atoms with E-state index in [-0.39, 0.29) is 6.04 Å². The smallest absolute Gasteiger partial charge is 0.0465 e. The largest absolute Gasteiger partial charge is 0.324 e. The Morgan fingerprint density at radius 2 is 2.11 bits per heavy atom. The predicted octanol–water partition coefficient (Wildman–Crippen LogP) is 4.05. The van der Waals surface area contributed by atoms with E-state index < -0.39 is 0 Å². The van der Waals surface area contributed by atoms with Crippen LogP contribution in [0.4, 0.5) is 0 Å². The Hall–Kier alpha value is -0.900. The normalized spacial score (nSPS) is 12.4. The molecular weight excluding hydrogens is 312 g/mol. The second-order valence-electron chi connectivity index (χ2n) is 4.30. The SMILES string of the molecule is Cc1ccc(CC(N)c2ccc(Br)cc2Cl)nc1. The van der Waals surface area contributed by atoms with Gasteiger partial charge in [0.1, 0.15) is 0 Å². The maximum atomic E-state index is 6.19. The van der Waals surface area contributed by atoms with Gasteiger partial charge in [-0.3, -0.25) is 4.98 Å². The summed E-state index contributed by atoms with van der Waals surface area (Å²) >= 11 is 9.57. The number of benzene rings is 1. The average Bonchev–Trinajstić information content (AvgIpc) is 2.32. The molecule has 2 N–H and O–H groups in total. The van der Waals surface area contributed by atoms with Crippen LogP contribution in [-0.4, -0.2) is 4.98 Å². The summed E-state index contributed by atoms with van der Waals surface area (Å²) in [6.45, 7) is 2.02. The van der Waals surface area contributed by atoms with E-state index >= 15 is 0 Å². The van der Waals surface area contributed by atoms with Gasteiger partial charge in [-0.2, -0.15) is 0 Å². The van der Waals surface area contributed by atoms with Crippen molar-refractivity contribution in [3.05, 3.63) is 62.8 Å². The van der Waals surface area contributed by atoms with Crippen LogP contribution in [0, 0.1) is 6.92 Å². The van der Waals surface area contributed by atoms with Crippen LogP contribution in [0.3, 0.4) is 0 Å². The maximum absolute atomic E-state index is 6.19. The van der Waals surface area contributed by atoms with E-state index in [1.165, 1.54) is 0 Å². The van der Waals surface area contributed by atoms with E-state index in [9.17, 15) is 0 Å². The fourth-order valence-electron chi connectivity index (χ4n) is 1.76. The van der Waals surface area contributed by atoms with E-state index in [0.717, 1.165) is 21.3 Å². The highest BCUT2D eigenvalue weighted by Gasteiger charge is 2.11. The number of pyridine rings is 1. The van der Waals surface area contributed by atoms with Gasteiger partial charge in [0, 0.05) is 33.8 Å². The summed E-state index contributed by atoms with van der Waals surface area (Å²) in [7, 11) is 0. The molecule has 0 bridgehead atoms. The molecule has 18 heavy (non-hydrogen) atoms. The van der Waals surface area contributed by atoms with Gasteiger partial charge in [-0.1, -0.05) is 39.7 Å². The second kappa shape index (κ2) is 5.83. The molecule has 1 aromatic carbocycles. The predicted molar refractivity (Wildman–Crippen MR) is 78.8 cm³/mol. The molecule has 0 fully saturated rings. The molecule has 0 amide bonds. The molecule has 2 aromatic rings. The molecule has 2 nitrogen and oxygen atoms in total. The first-order chi connectivity index (χ1) is 8.56. The van der Waals surface area contributed by atoms with E-state index in [2.05, 4.69) is 20.9 Å². The van der Waals surface area contributed by atoms with Crippen LogP contribution in [-0.2, 0) is 6.42 Å². The highest BCUT2D eigenvalue weighted by atomic mass is 79.9. The third-order valence-electron chi connectivity index (χ3n) is 2.76. The summed E-state index contributed by atoms with van der Waals surface area (Å²) < 4.78 is 0.955. The van der Waals surface area contributed by atoms with Gasteiger partial charge in [-0.05, 0) is 36.2 Å². The number of aryl methyl sites for hydroxylation is 1. The summed E-state index contributed by atoms with van der Waals surface area (Å²) in [6, 6.07) is 9.66. The standard InChI is InChI=1S/C14H14BrClN2/c1-9-2-4-11(18-8-9)7-14(17)12-5-3-10(15)6-13(12)16/h2-6,8,14H,7,17H2,1H3. The Bertz CT molecular complexity index is 540. The lowest BCUT2D eigenvalue weighted by Crippen LogP contribution is -2.14. The summed E-state index contributed by atoms with van der Waals surface area (Å²) in [6.07, 6.45) is 2.53. The van der Waals surface area contributed by atoms with Crippen molar-refractivity contribution in [2.24, 2.45) is 5.73 Å². The van der Waals surface area contributed by atoms with Crippen molar-refractivity contribution in [3.63, 3.8) is 0 Å². The molecule has 1 heterocycles. The molecule has 4 heteroatoms. The molecule has 0 aliphatic heterocycles. The summed E-state index contributed by atoms with van der Waals surface area (Å²) in [5, 5.41) is 0.684. The minimum absolute atomic E-state index is 0.138. The van der Waals surface area contributed by atoms with Crippen LogP contribution in [0.5, 0.6) is 0 Å². The number of halogens is 2. The second-order valence-corrected chi connectivity index (χ2v) is 5.63. The van der Waals surface area contributed by atoms with Crippen LogP contribution < -0.4 is 5.73 Å². The first-order valence-corrected chi connectivity index (χ1v) is 6.85. The summed E-state index contributed by atoms with van der Waals surface area (Å²) in [5.74, 6) is 0. The molecule has 1 atom stereocenters. The number of nitrogens with zero attached hydrogens (tertiary/aromatic N) is 1. The quantitative estimate of drug-likeness (QED) is 0.924. The Labute approximate surface area is 120 Å². The molecule has 94 valence electrons. The minimum atomic E-state index is -0.138. The van der Waals surface area contributed by atoms with Crippen LogP contribution >= 0.6 is 27.5 Å². The van der Waals surface area contributed by atoms with Gasteiger partial charge in [0.05, 0.1) is 0 Å². The first-order valence-electron chi connectivity index (χ1n) is 5.68. The number of hydrogen-bond acceptors (Lipinski definition) is 2. The number of rotatable bonds is 3. The average molecular weight is 326 g/mol. The lowest BCUT2D eigenvalue weighted by atomic mass is 10.0. The zero-order valence-corrected chi connectivity index (χ0v) is 12.4. The molecule has 2 rings (SSSR count). The Kier molecular flexibility index (Phi) is 4.38. The Balaban J connectivity index is 2.16. The highest BCUT2D eigenvalue weighted by Crippen LogP contribution is 2.26. The van der Waals surface area contributed by atoms with Crippen LogP contribution in [0.1, 0.15) is 22.9 Å². The maximum Gasteiger partial charge on any atom is 0.0465 e. The molecule has 0 aliphatic carbocycles. The topological polar surface area (TPSA) is 38.9 Å². The third-order valence-corrected chi connectivity index (χ3v) is 3.58. The van der Waals surface area contributed by atoms with Crippen LogP contribution in [0.25, 0.3) is 0 Å². The molecule has 1 unspecified atom stereocenters. The van der Waals surface area contributed by atoms with Gasteiger partial charge in [-0.25, -0.2) is 0 Å². The van der Waals surface area contributed by atoms with Crippen LogP contribution in [0.15, 0.2) is 41.0 Å². The van der Waals surface area contributed by atoms with Gasteiger partial charge in [0.2, 0.25) is 0 Å². The number of hydrogen-bond donors (Lipinski definition) is 1. The highest BCUT2D eigenvalue weighted by molar-refractivity contribution is 9.10. The lowest BCUT2D eigenvalue weighted by molar-refractivity contribution is 0.706. The van der Waals surface area contributed by atoms with Gasteiger partial charge in [0.15, 0.2) is 0 Å². The van der Waals surface area contributed by atoms with Crippen molar-refractivity contribution in [1.82, 2.24) is 4.98 Å².